The Morgan fingerprint density at radius 3 is 2.37 bits per heavy atom. The third-order valence-corrected chi connectivity index (χ3v) is 3.84. The maximum Gasteiger partial charge on any atom is 0.130 e. The summed E-state index contributed by atoms with van der Waals surface area (Å²) in [5.74, 6) is 0.719. The van der Waals surface area contributed by atoms with Crippen molar-refractivity contribution in [2.24, 2.45) is 0 Å². The number of benzene rings is 2. The molecule has 0 bridgehead atoms. The average Bonchev–Trinajstić information content (AvgIpc) is 2.39. The van der Waals surface area contributed by atoms with Gasteiger partial charge in [-0.15, -0.1) is 11.6 Å². The molecule has 19 heavy (non-hydrogen) atoms. The highest BCUT2D eigenvalue weighted by molar-refractivity contribution is 9.10. The quantitative estimate of drug-likeness (QED) is 0.593. The molecule has 0 spiro atoms. The van der Waals surface area contributed by atoms with Crippen molar-refractivity contribution in [1.82, 2.24) is 0 Å². The molecule has 0 unspecified atom stereocenters. The van der Waals surface area contributed by atoms with E-state index >= 15 is 0 Å². The highest BCUT2D eigenvalue weighted by Gasteiger charge is 2.07. The number of rotatable bonds is 4. The molecule has 0 radical (unpaired) electrons. The van der Waals surface area contributed by atoms with Crippen LogP contribution in [0.2, 0.25) is 0 Å². The number of ether oxygens (including phenoxy) is 1. The van der Waals surface area contributed by atoms with Crippen molar-refractivity contribution >= 4 is 43.5 Å². The Labute approximate surface area is 133 Å². The van der Waals surface area contributed by atoms with E-state index in [0.29, 0.717) is 21.7 Å². The maximum absolute atomic E-state index is 13.7. The molecule has 0 heterocycles. The van der Waals surface area contributed by atoms with E-state index in [9.17, 15) is 4.39 Å². The Bertz CT molecular complexity index is 590. The van der Waals surface area contributed by atoms with Gasteiger partial charge in [0.2, 0.25) is 0 Å². The van der Waals surface area contributed by atoms with Crippen LogP contribution >= 0.6 is 43.5 Å². The molecule has 2 aromatic rings. The minimum absolute atomic E-state index is 0.171. The summed E-state index contributed by atoms with van der Waals surface area (Å²) >= 11 is 12.4. The minimum Gasteiger partial charge on any atom is -0.488 e. The number of hydrogen-bond acceptors (Lipinski definition) is 1. The van der Waals surface area contributed by atoms with Gasteiger partial charge in [0.05, 0.1) is 5.88 Å². The Morgan fingerprint density at radius 2 is 1.68 bits per heavy atom. The van der Waals surface area contributed by atoms with E-state index < -0.39 is 0 Å². The molecule has 0 aliphatic heterocycles. The summed E-state index contributed by atoms with van der Waals surface area (Å²) in [7, 11) is 0. The van der Waals surface area contributed by atoms with Crippen LogP contribution in [0.4, 0.5) is 4.39 Å². The van der Waals surface area contributed by atoms with E-state index in [4.69, 9.17) is 16.3 Å². The van der Waals surface area contributed by atoms with Crippen LogP contribution in [0.5, 0.6) is 5.75 Å². The van der Waals surface area contributed by atoms with Crippen LogP contribution in [0.15, 0.2) is 45.3 Å². The van der Waals surface area contributed by atoms with Crippen LogP contribution in [-0.2, 0) is 12.5 Å². The van der Waals surface area contributed by atoms with E-state index in [0.717, 1.165) is 10.0 Å². The lowest BCUT2D eigenvalue weighted by atomic mass is 10.2. The van der Waals surface area contributed by atoms with Crippen molar-refractivity contribution in [2.75, 3.05) is 0 Å². The maximum atomic E-state index is 13.7. The Kier molecular flexibility index (Phi) is 5.25. The lowest BCUT2D eigenvalue weighted by Gasteiger charge is -2.11. The fourth-order valence-electron chi connectivity index (χ4n) is 1.59. The van der Waals surface area contributed by atoms with Crippen molar-refractivity contribution in [2.45, 2.75) is 12.5 Å². The molecule has 0 amide bonds. The molecule has 0 aliphatic carbocycles. The molecule has 0 aromatic heterocycles. The largest absolute Gasteiger partial charge is 0.488 e. The smallest absolute Gasteiger partial charge is 0.130 e. The predicted molar refractivity (Wildman–Crippen MR) is 82.1 cm³/mol. The lowest BCUT2D eigenvalue weighted by molar-refractivity contribution is 0.297. The summed E-state index contributed by atoms with van der Waals surface area (Å²) in [6.07, 6.45) is 0. The van der Waals surface area contributed by atoms with Gasteiger partial charge in [-0.3, -0.25) is 0 Å². The number of hydrogen-bond donors (Lipinski definition) is 0. The lowest BCUT2D eigenvalue weighted by Crippen LogP contribution is -2.00. The van der Waals surface area contributed by atoms with Gasteiger partial charge in [0.1, 0.15) is 18.2 Å². The minimum atomic E-state index is -0.293. The Hall–Kier alpha value is -0.580. The second-order valence-corrected chi connectivity index (χ2v) is 6.01. The van der Waals surface area contributed by atoms with Crippen LogP contribution in [-0.4, -0.2) is 0 Å². The zero-order valence-electron chi connectivity index (χ0n) is 9.80. The van der Waals surface area contributed by atoms with Gasteiger partial charge in [-0.05, 0) is 30.3 Å². The summed E-state index contributed by atoms with van der Waals surface area (Å²) in [6, 6.07) is 10.5. The van der Waals surface area contributed by atoms with Crippen LogP contribution < -0.4 is 4.74 Å². The topological polar surface area (TPSA) is 9.23 Å². The summed E-state index contributed by atoms with van der Waals surface area (Å²) in [4.78, 5) is 0. The molecular weight excluding hydrogens is 398 g/mol. The molecule has 1 nitrogen and oxygen atoms in total. The molecule has 0 atom stereocenters. The second kappa shape index (κ2) is 6.73. The molecule has 2 rings (SSSR count). The van der Waals surface area contributed by atoms with Gasteiger partial charge in [-0.2, -0.15) is 0 Å². The van der Waals surface area contributed by atoms with Crippen LogP contribution in [0.3, 0.4) is 0 Å². The SMILES string of the molecule is Fc1cc(Br)ccc1COc1ccc(Br)cc1CCl. The molecule has 5 heteroatoms. The summed E-state index contributed by atoms with van der Waals surface area (Å²) in [6.45, 7) is 0.171. The molecule has 0 aliphatic rings. The van der Waals surface area contributed by atoms with Crippen molar-refractivity contribution in [3.05, 3.63) is 62.3 Å². The Balaban J connectivity index is 2.14. The van der Waals surface area contributed by atoms with E-state index in [2.05, 4.69) is 31.9 Å². The monoisotopic (exact) mass is 406 g/mol. The van der Waals surface area contributed by atoms with Crippen LogP contribution in [0.1, 0.15) is 11.1 Å². The molecule has 0 N–H and O–H groups in total. The molecule has 0 saturated heterocycles. The van der Waals surface area contributed by atoms with E-state index in [1.54, 1.807) is 12.1 Å². The Morgan fingerprint density at radius 1 is 1.00 bits per heavy atom. The fourth-order valence-corrected chi connectivity index (χ4v) is 2.54. The molecule has 0 fully saturated rings. The third-order valence-electron chi connectivity index (χ3n) is 2.56. The van der Waals surface area contributed by atoms with Crippen LogP contribution in [0.25, 0.3) is 0 Å². The standard InChI is InChI=1S/C14H10Br2ClFO/c15-11-3-4-14(10(5-11)7-17)19-8-9-1-2-12(16)6-13(9)18/h1-6H,7-8H2. The molecule has 2 aromatic carbocycles. The first-order valence-electron chi connectivity index (χ1n) is 5.51. The van der Waals surface area contributed by atoms with Gasteiger partial charge in [0.25, 0.3) is 0 Å². The van der Waals surface area contributed by atoms with Crippen molar-refractivity contribution in [3.8, 4) is 5.75 Å². The first-order valence-corrected chi connectivity index (χ1v) is 7.63. The van der Waals surface area contributed by atoms with Gasteiger partial charge in [0.15, 0.2) is 0 Å². The second-order valence-electron chi connectivity index (χ2n) is 3.91. The summed E-state index contributed by atoms with van der Waals surface area (Å²) in [5.41, 5.74) is 1.38. The highest BCUT2D eigenvalue weighted by Crippen LogP contribution is 2.26. The number of alkyl halides is 1. The fraction of sp³-hybridized carbons (Fsp3) is 0.143. The van der Waals surface area contributed by atoms with Gasteiger partial charge in [-0.25, -0.2) is 4.39 Å². The predicted octanol–water partition coefficient (Wildman–Crippen LogP) is 5.67. The first kappa shape index (κ1) is 14.8. The molecular formula is C14H10Br2ClFO. The van der Waals surface area contributed by atoms with Gasteiger partial charge in [-0.1, -0.05) is 37.9 Å². The van der Waals surface area contributed by atoms with Gasteiger partial charge in [0, 0.05) is 20.1 Å². The zero-order chi connectivity index (χ0) is 13.8. The van der Waals surface area contributed by atoms with Crippen molar-refractivity contribution in [1.29, 1.82) is 0 Å². The van der Waals surface area contributed by atoms with Crippen LogP contribution in [0, 0.1) is 5.82 Å². The van der Waals surface area contributed by atoms with Gasteiger partial charge < -0.3 is 4.74 Å². The zero-order valence-corrected chi connectivity index (χ0v) is 13.7. The summed E-state index contributed by atoms with van der Waals surface area (Å²) in [5, 5.41) is 0. The average molecular weight is 408 g/mol. The number of halogens is 4. The summed E-state index contributed by atoms with van der Waals surface area (Å²) < 4.78 is 20.9. The molecule has 0 saturated carbocycles. The van der Waals surface area contributed by atoms with E-state index in [1.165, 1.54) is 6.07 Å². The van der Waals surface area contributed by atoms with Crippen molar-refractivity contribution < 1.29 is 9.13 Å². The third kappa shape index (κ3) is 3.94. The van der Waals surface area contributed by atoms with Gasteiger partial charge >= 0.3 is 0 Å². The van der Waals surface area contributed by atoms with E-state index in [-0.39, 0.29) is 12.4 Å². The normalized spacial score (nSPS) is 10.5. The van der Waals surface area contributed by atoms with E-state index in [1.807, 2.05) is 18.2 Å². The van der Waals surface area contributed by atoms with Crippen molar-refractivity contribution in [3.63, 3.8) is 0 Å². The highest BCUT2D eigenvalue weighted by atomic mass is 79.9. The first-order chi connectivity index (χ1) is 9.10. The molecule has 100 valence electrons.